The minimum Gasteiger partial charge on any atom is -0.444 e. The van der Waals surface area contributed by atoms with Gasteiger partial charge in [-0.15, -0.1) is 0 Å². The van der Waals surface area contributed by atoms with Gasteiger partial charge in [0, 0.05) is 13.2 Å². The maximum absolute atomic E-state index is 11.8. The van der Waals surface area contributed by atoms with Crippen LogP contribution >= 0.6 is 11.6 Å². The molecule has 8 nitrogen and oxygen atoms in total. The van der Waals surface area contributed by atoms with E-state index in [-0.39, 0.29) is 11.0 Å². The van der Waals surface area contributed by atoms with E-state index in [0.29, 0.717) is 5.82 Å². The summed E-state index contributed by atoms with van der Waals surface area (Å²) >= 11 is 5.93. The summed E-state index contributed by atoms with van der Waals surface area (Å²) in [6.45, 7) is 5.29. The number of carbonyl (C=O) groups excluding carboxylic acids is 1. The van der Waals surface area contributed by atoms with E-state index in [1.807, 2.05) is 0 Å². The van der Waals surface area contributed by atoms with Crippen molar-refractivity contribution in [3.63, 3.8) is 0 Å². The fourth-order valence-electron chi connectivity index (χ4n) is 1.55. The number of rotatable bonds is 3. The molecule has 0 bridgehead atoms. The van der Waals surface area contributed by atoms with Crippen LogP contribution in [-0.4, -0.2) is 31.4 Å². The van der Waals surface area contributed by atoms with E-state index in [4.69, 9.17) is 16.3 Å². The molecule has 0 saturated carbocycles. The third-order valence-electron chi connectivity index (χ3n) is 2.32. The smallest absolute Gasteiger partial charge is 0.413 e. The number of aryl methyl sites for hydroxylation is 1. The van der Waals surface area contributed by atoms with Crippen molar-refractivity contribution < 1.29 is 9.53 Å². The van der Waals surface area contributed by atoms with Gasteiger partial charge in [0.25, 0.3) is 0 Å². The van der Waals surface area contributed by atoms with E-state index < -0.39 is 11.7 Å². The Balaban J connectivity index is 2.11. The van der Waals surface area contributed by atoms with Crippen molar-refractivity contribution in [3.05, 3.63) is 23.7 Å². The molecule has 0 aromatic carbocycles. The molecule has 1 amide bonds. The zero-order valence-corrected chi connectivity index (χ0v) is 13.5. The fourth-order valence-corrected chi connectivity index (χ4v) is 1.69. The van der Waals surface area contributed by atoms with E-state index in [9.17, 15) is 4.79 Å². The van der Waals surface area contributed by atoms with Crippen molar-refractivity contribution in [2.45, 2.75) is 26.4 Å². The predicted octanol–water partition coefficient (Wildman–Crippen LogP) is 2.95. The maximum Gasteiger partial charge on any atom is 0.413 e. The molecule has 2 heterocycles. The van der Waals surface area contributed by atoms with Crippen LogP contribution in [0.4, 0.5) is 22.1 Å². The molecule has 2 aromatic heterocycles. The van der Waals surface area contributed by atoms with Gasteiger partial charge in [0.15, 0.2) is 16.8 Å². The van der Waals surface area contributed by atoms with Crippen LogP contribution in [0.25, 0.3) is 0 Å². The quantitative estimate of drug-likeness (QED) is 0.901. The molecule has 2 aromatic rings. The zero-order chi connectivity index (χ0) is 16.3. The van der Waals surface area contributed by atoms with Gasteiger partial charge in [-0.1, -0.05) is 11.6 Å². The van der Waals surface area contributed by atoms with E-state index in [1.54, 1.807) is 44.9 Å². The first-order valence-electron chi connectivity index (χ1n) is 6.51. The number of hydrogen-bond acceptors (Lipinski definition) is 6. The molecule has 0 radical (unpaired) electrons. The number of nitrogens with zero attached hydrogens (tertiary/aromatic N) is 4. The Morgan fingerprint density at radius 3 is 2.68 bits per heavy atom. The Labute approximate surface area is 132 Å². The number of hydrogen-bond donors (Lipinski definition) is 2. The van der Waals surface area contributed by atoms with Crippen LogP contribution in [0.5, 0.6) is 0 Å². The largest absolute Gasteiger partial charge is 0.444 e. The minimum absolute atomic E-state index is 0.0718. The molecule has 0 aliphatic heterocycles. The van der Waals surface area contributed by atoms with Crippen molar-refractivity contribution >= 4 is 35.0 Å². The molecule has 0 unspecified atom stereocenters. The summed E-state index contributed by atoms with van der Waals surface area (Å²) in [5, 5.41) is 9.58. The van der Waals surface area contributed by atoms with E-state index in [2.05, 4.69) is 25.7 Å². The van der Waals surface area contributed by atoms with Crippen molar-refractivity contribution in [1.29, 1.82) is 0 Å². The monoisotopic (exact) mass is 324 g/mol. The molecular formula is C13H17ClN6O2. The van der Waals surface area contributed by atoms with Crippen LogP contribution in [0.3, 0.4) is 0 Å². The fraction of sp³-hybridized carbons (Fsp3) is 0.385. The second-order valence-electron chi connectivity index (χ2n) is 5.55. The normalized spacial score (nSPS) is 11.1. The highest BCUT2D eigenvalue weighted by Gasteiger charge is 2.18. The SMILES string of the molecule is Cn1cc(Nc2cnc(Cl)c(NC(=O)OC(C)(C)C)n2)cn1. The second kappa shape index (κ2) is 6.18. The average molecular weight is 325 g/mol. The van der Waals surface area contributed by atoms with Crippen molar-refractivity contribution in [2.24, 2.45) is 7.05 Å². The molecule has 118 valence electrons. The molecule has 22 heavy (non-hydrogen) atoms. The lowest BCUT2D eigenvalue weighted by Gasteiger charge is -2.19. The molecule has 9 heteroatoms. The molecular weight excluding hydrogens is 308 g/mol. The highest BCUT2D eigenvalue weighted by Crippen LogP contribution is 2.21. The lowest BCUT2D eigenvalue weighted by Crippen LogP contribution is -2.27. The zero-order valence-electron chi connectivity index (χ0n) is 12.7. The first-order valence-corrected chi connectivity index (χ1v) is 6.89. The first-order chi connectivity index (χ1) is 10.2. The van der Waals surface area contributed by atoms with Crippen LogP contribution in [0.15, 0.2) is 18.6 Å². The molecule has 0 spiro atoms. The molecule has 0 aliphatic rings. The van der Waals surface area contributed by atoms with E-state index in [0.717, 1.165) is 5.69 Å². The summed E-state index contributed by atoms with van der Waals surface area (Å²) in [6, 6.07) is 0. The number of anilines is 3. The maximum atomic E-state index is 11.8. The van der Waals surface area contributed by atoms with Gasteiger partial charge in [-0.3, -0.25) is 10.00 Å². The number of amides is 1. The van der Waals surface area contributed by atoms with E-state index >= 15 is 0 Å². The van der Waals surface area contributed by atoms with Gasteiger partial charge in [-0.05, 0) is 20.8 Å². The summed E-state index contributed by atoms with van der Waals surface area (Å²) in [4.78, 5) is 19.9. The summed E-state index contributed by atoms with van der Waals surface area (Å²) in [5.41, 5.74) is 0.123. The lowest BCUT2D eigenvalue weighted by molar-refractivity contribution is 0.0635. The van der Waals surface area contributed by atoms with Gasteiger partial charge < -0.3 is 10.1 Å². The Morgan fingerprint density at radius 2 is 2.09 bits per heavy atom. The molecule has 0 saturated heterocycles. The van der Waals surface area contributed by atoms with Gasteiger partial charge in [0.2, 0.25) is 0 Å². The number of carbonyl (C=O) groups is 1. The highest BCUT2D eigenvalue weighted by atomic mass is 35.5. The number of aromatic nitrogens is 4. The standard InChI is InChI=1S/C13H17ClN6O2/c1-13(2,3)22-12(21)19-11-10(14)15-6-9(18-11)17-8-5-16-20(4)7-8/h5-7H,1-4H3,(H2,17,18,19,21). The summed E-state index contributed by atoms with van der Waals surface area (Å²) < 4.78 is 6.79. The Morgan fingerprint density at radius 1 is 1.36 bits per heavy atom. The van der Waals surface area contributed by atoms with Gasteiger partial charge in [-0.2, -0.15) is 5.10 Å². The number of halogens is 1. The van der Waals surface area contributed by atoms with Gasteiger partial charge in [0.1, 0.15) is 5.60 Å². The lowest BCUT2D eigenvalue weighted by atomic mass is 10.2. The number of ether oxygens (including phenoxy) is 1. The third kappa shape index (κ3) is 4.59. The third-order valence-corrected chi connectivity index (χ3v) is 2.60. The van der Waals surface area contributed by atoms with Crippen molar-refractivity contribution in [3.8, 4) is 0 Å². The Hall–Kier alpha value is -2.35. The van der Waals surface area contributed by atoms with Crippen LogP contribution in [0.2, 0.25) is 5.15 Å². The van der Waals surface area contributed by atoms with Gasteiger partial charge >= 0.3 is 6.09 Å². The van der Waals surface area contributed by atoms with Crippen LogP contribution < -0.4 is 10.6 Å². The van der Waals surface area contributed by atoms with Gasteiger partial charge in [0.05, 0.1) is 18.1 Å². The first kappa shape index (κ1) is 16.0. The summed E-state index contributed by atoms with van der Waals surface area (Å²) in [6.07, 6.45) is 4.21. The van der Waals surface area contributed by atoms with Gasteiger partial charge in [-0.25, -0.2) is 14.8 Å². The Kier molecular flexibility index (Phi) is 4.51. The second-order valence-corrected chi connectivity index (χ2v) is 5.91. The van der Waals surface area contributed by atoms with Crippen LogP contribution in [-0.2, 0) is 11.8 Å². The Bertz CT molecular complexity index is 679. The summed E-state index contributed by atoms with van der Waals surface area (Å²) in [5.74, 6) is 0.535. The van der Waals surface area contributed by atoms with Crippen molar-refractivity contribution in [2.75, 3.05) is 10.6 Å². The average Bonchev–Trinajstić information content (AvgIpc) is 2.76. The summed E-state index contributed by atoms with van der Waals surface area (Å²) in [7, 11) is 1.80. The molecule has 0 fully saturated rings. The van der Waals surface area contributed by atoms with Crippen LogP contribution in [0.1, 0.15) is 20.8 Å². The number of nitrogens with one attached hydrogen (secondary N) is 2. The predicted molar refractivity (Wildman–Crippen MR) is 83.4 cm³/mol. The van der Waals surface area contributed by atoms with E-state index in [1.165, 1.54) is 6.20 Å². The molecule has 0 atom stereocenters. The minimum atomic E-state index is -0.651. The van der Waals surface area contributed by atoms with Crippen molar-refractivity contribution in [1.82, 2.24) is 19.7 Å². The molecule has 2 rings (SSSR count). The molecule has 2 N–H and O–H groups in total. The topological polar surface area (TPSA) is 94.0 Å². The highest BCUT2D eigenvalue weighted by molar-refractivity contribution is 6.32. The van der Waals surface area contributed by atoms with Crippen LogP contribution in [0, 0.1) is 0 Å². The molecule has 0 aliphatic carbocycles.